The third-order valence-electron chi connectivity index (χ3n) is 4.35. The number of rotatable bonds is 9. The van der Waals surface area contributed by atoms with Crippen molar-refractivity contribution in [1.82, 2.24) is 15.3 Å². The number of thioether (sulfide) groups is 1. The van der Waals surface area contributed by atoms with Gasteiger partial charge in [-0.1, -0.05) is 26.0 Å². The predicted octanol–water partition coefficient (Wildman–Crippen LogP) is 4.82. The van der Waals surface area contributed by atoms with E-state index in [1.54, 1.807) is 23.9 Å². The number of imidazole rings is 1. The molecule has 2 aromatic carbocycles. The number of para-hydroxylation sites is 2. The Bertz CT molecular complexity index is 873. The van der Waals surface area contributed by atoms with Crippen LogP contribution in [0.2, 0.25) is 0 Å². The van der Waals surface area contributed by atoms with Gasteiger partial charge in [-0.25, -0.2) is 4.98 Å². The number of nitrogens with zero attached hydrogens (tertiary/aromatic N) is 1. The summed E-state index contributed by atoms with van der Waals surface area (Å²) in [4.78, 5) is 20.8. The molecule has 3 rings (SSSR count). The van der Waals surface area contributed by atoms with Gasteiger partial charge in [0.1, 0.15) is 11.6 Å². The molecule has 3 aromatic rings. The second kappa shape index (κ2) is 9.64. The Labute approximate surface area is 170 Å². The summed E-state index contributed by atoms with van der Waals surface area (Å²) in [5.41, 5.74) is 2.50. The number of hydrogen-bond acceptors (Lipinski definition) is 4. The molecule has 1 aromatic heterocycles. The van der Waals surface area contributed by atoms with E-state index < -0.39 is 0 Å². The van der Waals surface area contributed by atoms with Gasteiger partial charge < -0.3 is 15.0 Å². The zero-order valence-electron chi connectivity index (χ0n) is 16.6. The summed E-state index contributed by atoms with van der Waals surface area (Å²) in [5, 5.41) is 3.13. The van der Waals surface area contributed by atoms with Crippen molar-refractivity contribution < 1.29 is 9.53 Å². The number of carbonyl (C=O) groups excluding carboxylic acids is 1. The maximum atomic E-state index is 12.8. The maximum Gasteiger partial charge on any atom is 0.251 e. The molecule has 0 spiro atoms. The van der Waals surface area contributed by atoms with Crippen LogP contribution in [-0.2, 0) is 0 Å². The van der Waals surface area contributed by atoms with Crippen LogP contribution in [0.25, 0.3) is 11.0 Å². The minimum Gasteiger partial charge on any atom is -0.493 e. The van der Waals surface area contributed by atoms with Crippen molar-refractivity contribution in [2.45, 2.75) is 26.3 Å². The summed E-state index contributed by atoms with van der Waals surface area (Å²) in [6.07, 6.45) is 2.87. The number of fused-ring (bicyclic) bond motifs is 1. The van der Waals surface area contributed by atoms with Gasteiger partial charge in [0, 0.05) is 5.56 Å². The zero-order valence-corrected chi connectivity index (χ0v) is 17.4. The number of H-pyrrole nitrogens is 1. The van der Waals surface area contributed by atoms with Gasteiger partial charge in [0.2, 0.25) is 0 Å². The van der Waals surface area contributed by atoms with Gasteiger partial charge in [0.25, 0.3) is 5.91 Å². The van der Waals surface area contributed by atoms with E-state index in [2.05, 4.69) is 35.4 Å². The molecule has 0 saturated carbocycles. The predicted molar refractivity (Wildman–Crippen MR) is 116 cm³/mol. The lowest BCUT2D eigenvalue weighted by molar-refractivity contribution is 0.0934. The van der Waals surface area contributed by atoms with Gasteiger partial charge >= 0.3 is 0 Å². The van der Waals surface area contributed by atoms with Crippen LogP contribution < -0.4 is 10.1 Å². The molecule has 0 aliphatic heterocycles. The van der Waals surface area contributed by atoms with Crippen LogP contribution in [0, 0.1) is 5.92 Å². The van der Waals surface area contributed by atoms with Crippen LogP contribution in [0.5, 0.6) is 5.75 Å². The summed E-state index contributed by atoms with van der Waals surface area (Å²) in [7, 11) is 0. The smallest absolute Gasteiger partial charge is 0.251 e. The van der Waals surface area contributed by atoms with Crippen LogP contribution in [0.3, 0.4) is 0 Å². The van der Waals surface area contributed by atoms with Crippen LogP contribution >= 0.6 is 11.8 Å². The normalized spacial score (nSPS) is 12.3. The molecule has 1 amide bonds. The topological polar surface area (TPSA) is 67.0 Å². The first-order valence-corrected chi connectivity index (χ1v) is 10.9. The van der Waals surface area contributed by atoms with E-state index in [1.807, 2.05) is 36.4 Å². The second-order valence-corrected chi connectivity index (χ2v) is 8.16. The fourth-order valence-corrected chi connectivity index (χ4v) is 3.33. The standard InChI is InChI=1S/C22H27N3O2S/c1-15(2)14-27-17-10-8-16(9-11-17)22(26)25-20(12-13-28-3)21-23-18-6-4-5-7-19(18)24-21/h4-11,15,20H,12-14H2,1-3H3,(H,23,24)(H,25,26). The lowest BCUT2D eigenvalue weighted by Crippen LogP contribution is -2.29. The van der Waals surface area contributed by atoms with Crippen LogP contribution in [-0.4, -0.2) is 34.5 Å². The zero-order chi connectivity index (χ0) is 19.9. The largest absolute Gasteiger partial charge is 0.493 e. The van der Waals surface area contributed by atoms with Crippen molar-refractivity contribution in [3.8, 4) is 5.75 Å². The molecule has 0 aliphatic carbocycles. The maximum absolute atomic E-state index is 12.8. The number of amides is 1. The van der Waals surface area contributed by atoms with Gasteiger partial charge in [-0.2, -0.15) is 11.8 Å². The molecule has 1 atom stereocenters. The molecular formula is C22H27N3O2S. The van der Waals surface area contributed by atoms with Gasteiger partial charge in [-0.05, 0) is 60.7 Å². The third kappa shape index (κ3) is 5.29. The molecule has 6 heteroatoms. The van der Waals surface area contributed by atoms with Crippen LogP contribution in [0.1, 0.15) is 42.5 Å². The highest BCUT2D eigenvalue weighted by Gasteiger charge is 2.19. The molecule has 0 fully saturated rings. The lowest BCUT2D eigenvalue weighted by Gasteiger charge is -2.16. The summed E-state index contributed by atoms with van der Waals surface area (Å²) < 4.78 is 5.69. The number of ether oxygens (including phenoxy) is 1. The SMILES string of the molecule is CSCCC(NC(=O)c1ccc(OCC(C)C)cc1)c1nc2ccccc2[nH]1. The molecule has 28 heavy (non-hydrogen) atoms. The molecule has 5 nitrogen and oxygen atoms in total. The Balaban J connectivity index is 1.72. The number of benzene rings is 2. The highest BCUT2D eigenvalue weighted by molar-refractivity contribution is 7.98. The number of hydrogen-bond donors (Lipinski definition) is 2. The van der Waals surface area contributed by atoms with Gasteiger partial charge in [-0.3, -0.25) is 4.79 Å². The lowest BCUT2D eigenvalue weighted by atomic mass is 10.1. The minimum absolute atomic E-state index is 0.109. The molecule has 0 radical (unpaired) electrons. The van der Waals surface area contributed by atoms with E-state index >= 15 is 0 Å². The molecule has 148 valence electrons. The molecule has 0 bridgehead atoms. The Kier molecular flexibility index (Phi) is 6.98. The minimum atomic E-state index is -0.163. The molecule has 0 saturated heterocycles. The molecule has 2 N–H and O–H groups in total. The Hall–Kier alpha value is -2.47. The fourth-order valence-electron chi connectivity index (χ4n) is 2.86. The molecule has 1 heterocycles. The van der Waals surface area contributed by atoms with Crippen molar-refractivity contribution in [2.75, 3.05) is 18.6 Å². The first-order valence-electron chi connectivity index (χ1n) is 9.54. The highest BCUT2D eigenvalue weighted by atomic mass is 32.2. The van der Waals surface area contributed by atoms with E-state index in [4.69, 9.17) is 4.74 Å². The quantitative estimate of drug-likeness (QED) is 0.543. The first-order chi connectivity index (χ1) is 13.6. The van der Waals surface area contributed by atoms with E-state index in [0.717, 1.165) is 34.8 Å². The van der Waals surface area contributed by atoms with Gasteiger partial charge in [0.15, 0.2) is 0 Å². The molecule has 1 unspecified atom stereocenters. The number of carbonyl (C=O) groups is 1. The third-order valence-corrected chi connectivity index (χ3v) is 5.00. The monoisotopic (exact) mass is 397 g/mol. The number of aromatic nitrogens is 2. The van der Waals surface area contributed by atoms with Crippen LogP contribution in [0.15, 0.2) is 48.5 Å². The van der Waals surface area contributed by atoms with Gasteiger partial charge in [-0.15, -0.1) is 0 Å². The van der Waals surface area contributed by atoms with Crippen molar-refractivity contribution >= 4 is 28.7 Å². The number of nitrogens with one attached hydrogen (secondary N) is 2. The summed E-state index contributed by atoms with van der Waals surface area (Å²) in [6, 6.07) is 15.0. The molecular weight excluding hydrogens is 370 g/mol. The highest BCUT2D eigenvalue weighted by Crippen LogP contribution is 2.21. The van der Waals surface area contributed by atoms with Gasteiger partial charge in [0.05, 0.1) is 23.7 Å². The summed E-state index contributed by atoms with van der Waals surface area (Å²) in [5.74, 6) is 2.86. The Morgan fingerprint density at radius 1 is 1.18 bits per heavy atom. The van der Waals surface area contributed by atoms with Crippen LogP contribution in [0.4, 0.5) is 0 Å². The average molecular weight is 398 g/mol. The van der Waals surface area contributed by atoms with Crippen molar-refractivity contribution in [2.24, 2.45) is 5.92 Å². The number of aromatic amines is 1. The van der Waals surface area contributed by atoms with Crippen molar-refractivity contribution in [3.63, 3.8) is 0 Å². The van der Waals surface area contributed by atoms with E-state index in [0.29, 0.717) is 18.1 Å². The Morgan fingerprint density at radius 3 is 2.61 bits per heavy atom. The second-order valence-electron chi connectivity index (χ2n) is 7.18. The van der Waals surface area contributed by atoms with E-state index in [1.165, 1.54) is 0 Å². The Morgan fingerprint density at radius 2 is 1.93 bits per heavy atom. The molecule has 0 aliphatic rings. The van der Waals surface area contributed by atoms with E-state index in [-0.39, 0.29) is 11.9 Å². The first kappa shape index (κ1) is 20.3. The van der Waals surface area contributed by atoms with Crippen molar-refractivity contribution in [1.29, 1.82) is 0 Å². The summed E-state index contributed by atoms with van der Waals surface area (Å²) >= 11 is 1.75. The average Bonchev–Trinajstić information content (AvgIpc) is 3.14. The van der Waals surface area contributed by atoms with Crippen molar-refractivity contribution in [3.05, 3.63) is 59.9 Å². The van der Waals surface area contributed by atoms with E-state index in [9.17, 15) is 4.79 Å². The summed E-state index contributed by atoms with van der Waals surface area (Å²) in [6.45, 7) is 4.87. The fraction of sp³-hybridized carbons (Fsp3) is 0.364.